The van der Waals surface area contributed by atoms with Crippen LogP contribution in [0.15, 0.2) is 24.5 Å². The molecule has 4 rings (SSSR count). The summed E-state index contributed by atoms with van der Waals surface area (Å²) in [5, 5.41) is 3.58. The second-order valence-electron chi connectivity index (χ2n) is 5.64. The molecule has 6 heteroatoms. The van der Waals surface area contributed by atoms with Crippen molar-refractivity contribution in [3.63, 3.8) is 0 Å². The fraction of sp³-hybridized carbons (Fsp3) is 0.429. The van der Waals surface area contributed by atoms with E-state index in [4.69, 9.17) is 11.6 Å². The predicted octanol–water partition coefficient (Wildman–Crippen LogP) is 1.42. The van der Waals surface area contributed by atoms with Gasteiger partial charge in [0.2, 0.25) is 0 Å². The van der Waals surface area contributed by atoms with E-state index in [0.29, 0.717) is 22.7 Å². The molecular formula is C14H15ClN4O. The van der Waals surface area contributed by atoms with Crippen LogP contribution in [0, 0.1) is 5.92 Å². The number of carbonyl (C=O) groups excluding carboxylic acids is 1. The normalized spacial score (nSPS) is 28.1. The Labute approximate surface area is 121 Å². The average molecular weight is 291 g/mol. The standard InChI is InChI=1S/C14H15ClN4O/c15-12-8-19-6-10(1-2-13(19)17-12)14(20)16-11-7-18-4-3-9(11)5-18/h1-2,6,8-9,11H,3-5,7H2,(H,16,20)/t9-,11?/m0/s1. The van der Waals surface area contributed by atoms with Gasteiger partial charge in [0.1, 0.15) is 10.8 Å². The van der Waals surface area contributed by atoms with Crippen molar-refractivity contribution in [2.75, 3.05) is 19.6 Å². The number of rotatable bonds is 2. The minimum absolute atomic E-state index is 0.0181. The molecular weight excluding hydrogens is 276 g/mol. The highest BCUT2D eigenvalue weighted by molar-refractivity contribution is 6.29. The molecule has 104 valence electrons. The van der Waals surface area contributed by atoms with E-state index in [1.54, 1.807) is 22.9 Å². The number of amides is 1. The van der Waals surface area contributed by atoms with Crippen LogP contribution in [0.25, 0.3) is 5.65 Å². The first kappa shape index (κ1) is 12.2. The lowest BCUT2D eigenvalue weighted by atomic mass is 10.00. The molecule has 2 aromatic rings. The maximum absolute atomic E-state index is 12.3. The topological polar surface area (TPSA) is 49.6 Å². The van der Waals surface area contributed by atoms with Crippen molar-refractivity contribution in [3.05, 3.63) is 35.2 Å². The van der Waals surface area contributed by atoms with Gasteiger partial charge in [0, 0.05) is 31.5 Å². The number of hydrogen-bond acceptors (Lipinski definition) is 3. The molecule has 2 unspecified atom stereocenters. The number of nitrogens with one attached hydrogen (secondary N) is 1. The minimum Gasteiger partial charge on any atom is -0.348 e. The number of piperidine rings is 1. The second-order valence-corrected chi connectivity index (χ2v) is 6.02. The Morgan fingerprint density at radius 3 is 3.00 bits per heavy atom. The summed E-state index contributed by atoms with van der Waals surface area (Å²) in [5.41, 5.74) is 1.39. The average Bonchev–Trinajstić information content (AvgIpc) is 3.10. The summed E-state index contributed by atoms with van der Waals surface area (Å²) in [6, 6.07) is 3.89. The van der Waals surface area contributed by atoms with E-state index in [1.165, 1.54) is 13.0 Å². The summed E-state index contributed by atoms with van der Waals surface area (Å²) in [6.45, 7) is 3.28. The number of hydrogen-bond donors (Lipinski definition) is 1. The summed E-state index contributed by atoms with van der Waals surface area (Å²) in [5.74, 6) is 0.598. The fourth-order valence-electron chi connectivity index (χ4n) is 3.29. The predicted molar refractivity (Wildman–Crippen MR) is 76.0 cm³/mol. The number of imidazole rings is 1. The van der Waals surface area contributed by atoms with Gasteiger partial charge < -0.3 is 14.6 Å². The molecule has 0 aromatic carbocycles. The molecule has 1 amide bonds. The van der Waals surface area contributed by atoms with Crippen LogP contribution < -0.4 is 5.32 Å². The van der Waals surface area contributed by atoms with Gasteiger partial charge >= 0.3 is 0 Å². The van der Waals surface area contributed by atoms with Crippen LogP contribution in [-0.2, 0) is 0 Å². The molecule has 2 aromatic heterocycles. The lowest BCUT2D eigenvalue weighted by Gasteiger charge is -2.23. The van der Waals surface area contributed by atoms with Gasteiger partial charge in [0.05, 0.1) is 5.56 Å². The lowest BCUT2D eigenvalue weighted by molar-refractivity contribution is 0.0924. The third-order valence-electron chi connectivity index (χ3n) is 4.33. The van der Waals surface area contributed by atoms with Gasteiger partial charge in [-0.1, -0.05) is 11.6 Å². The van der Waals surface area contributed by atoms with E-state index in [1.807, 2.05) is 6.07 Å². The molecule has 5 nitrogen and oxygen atoms in total. The monoisotopic (exact) mass is 290 g/mol. The van der Waals surface area contributed by atoms with Gasteiger partial charge in [-0.25, -0.2) is 4.98 Å². The Morgan fingerprint density at radius 1 is 1.35 bits per heavy atom. The molecule has 0 radical (unpaired) electrons. The van der Waals surface area contributed by atoms with E-state index >= 15 is 0 Å². The van der Waals surface area contributed by atoms with Crippen molar-refractivity contribution in [2.45, 2.75) is 12.5 Å². The van der Waals surface area contributed by atoms with Crippen LogP contribution in [-0.4, -0.2) is 45.9 Å². The number of fused-ring (bicyclic) bond motifs is 3. The molecule has 2 aliphatic heterocycles. The van der Waals surface area contributed by atoms with Crippen LogP contribution >= 0.6 is 11.6 Å². The van der Waals surface area contributed by atoms with Crippen LogP contribution in [0.5, 0.6) is 0 Å². The van der Waals surface area contributed by atoms with E-state index in [2.05, 4.69) is 15.2 Å². The number of carbonyl (C=O) groups is 1. The zero-order valence-corrected chi connectivity index (χ0v) is 11.7. The highest BCUT2D eigenvalue weighted by Crippen LogP contribution is 2.27. The number of pyridine rings is 1. The third kappa shape index (κ3) is 1.98. The van der Waals surface area contributed by atoms with Gasteiger partial charge in [-0.05, 0) is 31.0 Å². The molecule has 20 heavy (non-hydrogen) atoms. The van der Waals surface area contributed by atoms with Crippen molar-refractivity contribution < 1.29 is 4.79 Å². The van der Waals surface area contributed by atoms with Crippen LogP contribution in [0.3, 0.4) is 0 Å². The summed E-state index contributed by atoms with van der Waals surface area (Å²) in [6.07, 6.45) is 4.68. The molecule has 1 N–H and O–H groups in total. The first-order valence-electron chi connectivity index (χ1n) is 6.86. The van der Waals surface area contributed by atoms with Crippen LogP contribution in [0.1, 0.15) is 16.8 Å². The molecule has 2 fully saturated rings. The maximum atomic E-state index is 12.3. The van der Waals surface area contributed by atoms with E-state index in [-0.39, 0.29) is 5.91 Å². The first-order chi connectivity index (χ1) is 9.69. The fourth-order valence-corrected chi connectivity index (χ4v) is 3.49. The lowest BCUT2D eigenvalue weighted by Crippen LogP contribution is -2.43. The maximum Gasteiger partial charge on any atom is 0.253 e. The smallest absolute Gasteiger partial charge is 0.253 e. The first-order valence-corrected chi connectivity index (χ1v) is 7.24. The number of halogens is 1. The van der Waals surface area contributed by atoms with Crippen LogP contribution in [0.4, 0.5) is 0 Å². The Morgan fingerprint density at radius 2 is 2.25 bits per heavy atom. The van der Waals surface area contributed by atoms with E-state index < -0.39 is 0 Å². The highest BCUT2D eigenvalue weighted by Gasteiger charge is 2.38. The van der Waals surface area contributed by atoms with Gasteiger partial charge in [-0.3, -0.25) is 4.79 Å². The van der Waals surface area contributed by atoms with Crippen molar-refractivity contribution in [1.29, 1.82) is 0 Å². The summed E-state index contributed by atoms with van der Waals surface area (Å²) in [7, 11) is 0. The molecule has 2 bridgehead atoms. The van der Waals surface area contributed by atoms with Crippen molar-refractivity contribution in [3.8, 4) is 0 Å². The highest BCUT2D eigenvalue weighted by atomic mass is 35.5. The molecule has 0 saturated carbocycles. The van der Waals surface area contributed by atoms with Crippen molar-refractivity contribution >= 4 is 23.2 Å². The Kier molecular flexibility index (Phi) is 2.72. The van der Waals surface area contributed by atoms with Crippen molar-refractivity contribution in [1.82, 2.24) is 19.6 Å². The van der Waals surface area contributed by atoms with Crippen molar-refractivity contribution in [2.24, 2.45) is 5.92 Å². The SMILES string of the molecule is O=C(NC1CN2CC[C@H]1C2)c1ccc2nc(Cl)cn2c1. The Bertz CT molecular complexity index is 683. The van der Waals surface area contributed by atoms with Gasteiger partial charge in [-0.15, -0.1) is 0 Å². The summed E-state index contributed by atoms with van der Waals surface area (Å²) < 4.78 is 1.78. The third-order valence-corrected chi connectivity index (χ3v) is 4.52. The Balaban J connectivity index is 1.54. The molecule has 3 atom stereocenters. The second kappa shape index (κ2) is 4.46. The molecule has 2 saturated heterocycles. The summed E-state index contributed by atoms with van der Waals surface area (Å²) >= 11 is 5.86. The quantitative estimate of drug-likeness (QED) is 0.910. The number of aromatic nitrogens is 2. The molecule has 2 aliphatic rings. The molecule has 0 spiro atoms. The van der Waals surface area contributed by atoms with E-state index in [9.17, 15) is 4.79 Å². The van der Waals surface area contributed by atoms with Crippen LogP contribution in [0.2, 0.25) is 5.15 Å². The largest absolute Gasteiger partial charge is 0.348 e. The van der Waals surface area contributed by atoms with Gasteiger partial charge in [-0.2, -0.15) is 0 Å². The van der Waals surface area contributed by atoms with Gasteiger partial charge in [0.25, 0.3) is 5.91 Å². The molecule has 4 heterocycles. The minimum atomic E-state index is -0.0181. The summed E-state index contributed by atoms with van der Waals surface area (Å²) in [4.78, 5) is 18.9. The number of nitrogens with zero attached hydrogens (tertiary/aromatic N) is 3. The van der Waals surface area contributed by atoms with Gasteiger partial charge in [0.15, 0.2) is 0 Å². The molecule has 0 aliphatic carbocycles. The zero-order chi connectivity index (χ0) is 13.7. The Hall–Kier alpha value is -1.59. The van der Waals surface area contributed by atoms with E-state index in [0.717, 1.165) is 18.7 Å². The zero-order valence-electron chi connectivity index (χ0n) is 10.9.